The van der Waals surface area contributed by atoms with Crippen molar-refractivity contribution in [3.05, 3.63) is 47.0 Å². The van der Waals surface area contributed by atoms with E-state index in [-0.39, 0.29) is 29.5 Å². The third-order valence-electron chi connectivity index (χ3n) is 8.74. The Balaban J connectivity index is 1.70. The molecule has 0 aliphatic heterocycles. The molecule has 216 valence electrons. The third-order valence-corrected chi connectivity index (χ3v) is 8.74. The summed E-state index contributed by atoms with van der Waals surface area (Å²) in [6, 6.07) is 3.00. The molecule has 5 rings (SSSR count). The minimum absolute atomic E-state index is 0.0547. The molecule has 3 aliphatic carbocycles. The number of anilines is 1. The first-order chi connectivity index (χ1) is 19.1. The monoisotopic (exact) mass is 569 g/mol. The fourth-order valence-electron chi connectivity index (χ4n) is 6.96. The number of fused-ring (bicyclic) bond motifs is 3. The van der Waals surface area contributed by atoms with E-state index in [1.807, 2.05) is 0 Å². The number of carbonyl (C=O) groups is 5. The number of aliphatic hydroxyl groups is 1. The summed E-state index contributed by atoms with van der Waals surface area (Å²) in [5.74, 6) is -13.7. The number of primary amides is 1. The Bertz CT molecular complexity index is 1560. The zero-order valence-corrected chi connectivity index (χ0v) is 22.8. The number of Topliss-reactive ketones (excluding diaryl/α,β-unsaturated/α-hetero) is 4. The quantitative estimate of drug-likeness (QED) is 0.455. The Hall–Kier alpha value is -4.03. The first-order valence-electron chi connectivity index (χ1n) is 13.0. The van der Waals surface area contributed by atoms with E-state index >= 15 is 0 Å². The molecule has 2 saturated carbocycles. The van der Waals surface area contributed by atoms with Crippen LogP contribution in [0.25, 0.3) is 11.1 Å². The fraction of sp³-hybridized carbons (Fsp3) is 0.414. The molecule has 3 aliphatic rings. The average molecular weight is 570 g/mol. The topological polar surface area (TPSA) is 158 Å². The van der Waals surface area contributed by atoms with Crippen LogP contribution in [0.15, 0.2) is 24.3 Å². The number of ketones is 4. The number of nitrogens with two attached hydrogens (primary N) is 1. The van der Waals surface area contributed by atoms with Gasteiger partial charge in [-0.15, -0.1) is 0 Å². The maximum absolute atomic E-state index is 14.8. The van der Waals surface area contributed by atoms with Gasteiger partial charge in [-0.25, -0.2) is 8.78 Å². The summed E-state index contributed by atoms with van der Waals surface area (Å²) in [4.78, 5) is 69.8. The third kappa shape index (κ3) is 3.91. The van der Waals surface area contributed by atoms with E-state index in [9.17, 15) is 43.0 Å². The van der Waals surface area contributed by atoms with Gasteiger partial charge in [0.15, 0.2) is 34.7 Å². The van der Waals surface area contributed by atoms with Gasteiger partial charge in [0.05, 0.1) is 17.5 Å². The molecule has 2 aromatic carbocycles. The van der Waals surface area contributed by atoms with Gasteiger partial charge in [0.2, 0.25) is 5.91 Å². The van der Waals surface area contributed by atoms with Gasteiger partial charge < -0.3 is 20.8 Å². The van der Waals surface area contributed by atoms with Crippen molar-refractivity contribution in [3.8, 4) is 16.9 Å². The summed E-state index contributed by atoms with van der Waals surface area (Å²) in [7, 11) is 6.35. The number of hydrogen-bond donors (Lipinski definition) is 3. The highest BCUT2D eigenvalue weighted by molar-refractivity contribution is 6.32. The molecule has 2 aromatic rings. The highest BCUT2D eigenvalue weighted by Gasteiger charge is 2.69. The summed E-state index contributed by atoms with van der Waals surface area (Å²) >= 11 is 0. The van der Waals surface area contributed by atoms with Crippen LogP contribution in [0.1, 0.15) is 22.3 Å². The van der Waals surface area contributed by atoms with E-state index in [2.05, 4.69) is 0 Å². The van der Waals surface area contributed by atoms with Gasteiger partial charge in [-0.3, -0.25) is 28.9 Å². The van der Waals surface area contributed by atoms with Crippen LogP contribution < -0.4 is 10.6 Å². The van der Waals surface area contributed by atoms with Gasteiger partial charge in [0.1, 0.15) is 17.4 Å². The molecular weight excluding hydrogens is 540 g/mol. The van der Waals surface area contributed by atoms with Crippen LogP contribution in [-0.2, 0) is 25.6 Å². The molecule has 0 saturated heterocycles. The number of rotatable bonds is 4. The number of halogens is 2. The minimum Gasteiger partial charge on any atom is -0.507 e. The molecule has 41 heavy (non-hydrogen) atoms. The van der Waals surface area contributed by atoms with Crippen LogP contribution in [0, 0.1) is 35.3 Å². The Morgan fingerprint density at radius 1 is 1.02 bits per heavy atom. The van der Waals surface area contributed by atoms with Crippen LogP contribution in [0.4, 0.5) is 14.5 Å². The number of phenolic OH excluding ortho intramolecular Hbond substituents is 1. The normalized spacial score (nSPS) is 29.2. The van der Waals surface area contributed by atoms with Gasteiger partial charge in [-0.1, -0.05) is 0 Å². The van der Waals surface area contributed by atoms with E-state index in [4.69, 9.17) is 5.73 Å². The van der Waals surface area contributed by atoms with Crippen LogP contribution in [0.5, 0.6) is 5.75 Å². The van der Waals surface area contributed by atoms with Crippen LogP contribution in [0.3, 0.4) is 0 Å². The highest BCUT2D eigenvalue weighted by atomic mass is 19.1. The molecule has 2 unspecified atom stereocenters. The minimum atomic E-state index is -2.85. The summed E-state index contributed by atoms with van der Waals surface area (Å²) in [5.41, 5.74) is 2.72. The Labute approximate surface area is 233 Å². The lowest BCUT2D eigenvalue weighted by Gasteiger charge is -2.52. The summed E-state index contributed by atoms with van der Waals surface area (Å²) in [6.07, 6.45) is -0.0367. The van der Waals surface area contributed by atoms with E-state index < -0.39 is 81.7 Å². The first-order valence-corrected chi connectivity index (χ1v) is 13.0. The zero-order chi connectivity index (χ0) is 30.3. The lowest BCUT2D eigenvalue weighted by molar-refractivity contribution is -0.181. The molecule has 0 bridgehead atoms. The van der Waals surface area contributed by atoms with Crippen LogP contribution >= 0.6 is 0 Å². The number of hydrogen-bond acceptors (Lipinski definition) is 9. The smallest absolute Gasteiger partial charge is 0.235 e. The van der Waals surface area contributed by atoms with E-state index in [0.717, 1.165) is 12.1 Å². The highest BCUT2D eigenvalue weighted by Crippen LogP contribution is 2.53. The lowest BCUT2D eigenvalue weighted by atomic mass is 9.52. The van der Waals surface area contributed by atoms with Crippen LogP contribution in [0.2, 0.25) is 0 Å². The standard InChI is InChI=1S/C29H29F2N3O7/c1-33(2)18-10-14(13-6-5-12(30)9-17(13)31)23(35)20-15(18)7-11-8-16-22(34(3)4)25(37)21(28(32)40)27(39)29(16,41)26(38)19(11)24(20)36/h5-6,9-11,16,19,21-22,35,41H,7-8H2,1-4H3,(H2,32,40)/t11-,16-,19?,21?,22-,29-/m1/s1. The first kappa shape index (κ1) is 28.5. The van der Waals surface area contributed by atoms with Crippen molar-refractivity contribution in [2.24, 2.45) is 29.4 Å². The number of benzene rings is 2. The molecule has 0 aromatic heterocycles. The maximum atomic E-state index is 14.8. The molecule has 2 fully saturated rings. The Morgan fingerprint density at radius 3 is 2.24 bits per heavy atom. The van der Waals surface area contributed by atoms with Crippen molar-refractivity contribution in [1.82, 2.24) is 4.90 Å². The van der Waals surface area contributed by atoms with Gasteiger partial charge in [-0.05, 0) is 56.6 Å². The zero-order valence-electron chi connectivity index (χ0n) is 22.8. The molecule has 6 atom stereocenters. The summed E-state index contributed by atoms with van der Waals surface area (Å²) in [5, 5.41) is 23.0. The molecule has 0 radical (unpaired) electrons. The molecule has 12 heteroatoms. The van der Waals surface area contributed by atoms with Crippen molar-refractivity contribution in [1.29, 1.82) is 0 Å². The molecule has 0 heterocycles. The molecular formula is C29H29F2N3O7. The fourth-order valence-corrected chi connectivity index (χ4v) is 6.96. The second-order valence-electron chi connectivity index (χ2n) is 11.5. The number of phenols is 1. The van der Waals surface area contributed by atoms with E-state index in [1.54, 1.807) is 19.0 Å². The summed E-state index contributed by atoms with van der Waals surface area (Å²) < 4.78 is 28.4. The maximum Gasteiger partial charge on any atom is 0.235 e. The summed E-state index contributed by atoms with van der Waals surface area (Å²) in [6.45, 7) is 0. The van der Waals surface area contributed by atoms with Crippen molar-refractivity contribution < 1.29 is 43.0 Å². The number of amides is 1. The van der Waals surface area contributed by atoms with Crippen molar-refractivity contribution in [3.63, 3.8) is 0 Å². The predicted molar refractivity (Wildman–Crippen MR) is 141 cm³/mol. The molecule has 1 amide bonds. The Kier molecular flexibility index (Phi) is 6.62. The molecule has 4 N–H and O–H groups in total. The second-order valence-corrected chi connectivity index (χ2v) is 11.5. The van der Waals surface area contributed by atoms with Gasteiger partial charge in [0, 0.05) is 42.9 Å². The number of carbonyl (C=O) groups excluding carboxylic acids is 5. The number of likely N-dealkylation sites (N-methyl/N-ethyl adjacent to an activating group) is 1. The molecule has 10 nitrogen and oxygen atoms in total. The number of aromatic hydroxyl groups is 1. The van der Waals surface area contributed by atoms with Crippen LogP contribution in [-0.4, -0.2) is 84.0 Å². The second kappa shape index (κ2) is 9.52. The van der Waals surface area contributed by atoms with Crippen molar-refractivity contribution >= 4 is 34.7 Å². The van der Waals surface area contributed by atoms with E-state index in [0.29, 0.717) is 17.3 Å². The van der Waals surface area contributed by atoms with Crippen molar-refractivity contribution in [2.45, 2.75) is 24.5 Å². The van der Waals surface area contributed by atoms with E-state index in [1.165, 1.54) is 25.1 Å². The SMILES string of the molecule is CN(C)c1cc(-c2ccc(F)cc2F)c(O)c2c1C[C@@H]1C[C@@H]3[C@@H](N(C)C)C(=O)C(C(N)=O)C(=O)[C@]3(O)C(=O)C1C2=O. The lowest BCUT2D eigenvalue weighted by Crippen LogP contribution is -2.74. The Morgan fingerprint density at radius 2 is 1.68 bits per heavy atom. The van der Waals surface area contributed by atoms with Gasteiger partial charge >= 0.3 is 0 Å². The van der Waals surface area contributed by atoms with Crippen molar-refractivity contribution in [2.75, 3.05) is 33.1 Å². The molecule has 0 spiro atoms. The largest absolute Gasteiger partial charge is 0.507 e. The number of nitrogens with zero attached hydrogens (tertiary/aromatic N) is 2. The average Bonchev–Trinajstić information content (AvgIpc) is 2.86. The van der Waals surface area contributed by atoms with Gasteiger partial charge in [0.25, 0.3) is 0 Å². The predicted octanol–water partition coefficient (Wildman–Crippen LogP) is 0.878. The van der Waals surface area contributed by atoms with Gasteiger partial charge in [-0.2, -0.15) is 0 Å².